The van der Waals surface area contributed by atoms with E-state index in [2.05, 4.69) is 12.1 Å². The molecule has 0 atom stereocenters. The first-order valence-corrected chi connectivity index (χ1v) is 13.7. The highest BCUT2D eigenvalue weighted by atomic mass is 16.5. The summed E-state index contributed by atoms with van der Waals surface area (Å²) in [6.45, 7) is 0. The van der Waals surface area contributed by atoms with Crippen molar-refractivity contribution in [2.24, 2.45) is 0 Å². The van der Waals surface area contributed by atoms with Crippen LogP contribution in [0.4, 0.5) is 0 Å². The van der Waals surface area contributed by atoms with Gasteiger partial charge in [0.1, 0.15) is 23.0 Å². The van der Waals surface area contributed by atoms with Crippen molar-refractivity contribution in [2.75, 3.05) is 14.2 Å². The van der Waals surface area contributed by atoms with E-state index in [9.17, 15) is 10.2 Å². The second kappa shape index (κ2) is 10.1. The van der Waals surface area contributed by atoms with Crippen LogP contribution in [0.3, 0.4) is 0 Å². The van der Waals surface area contributed by atoms with Gasteiger partial charge in [-0.1, -0.05) is 60.7 Å². The van der Waals surface area contributed by atoms with Gasteiger partial charge < -0.3 is 19.7 Å². The third-order valence-corrected chi connectivity index (χ3v) is 8.27. The number of phenolic OH excluding ortho intramolecular Hbond substituents is 2. The molecule has 4 heteroatoms. The number of methoxy groups -OCH3 is 2. The van der Waals surface area contributed by atoms with E-state index in [4.69, 9.17) is 9.47 Å². The summed E-state index contributed by atoms with van der Waals surface area (Å²) < 4.78 is 12.4. The van der Waals surface area contributed by atoms with Gasteiger partial charge in [-0.3, -0.25) is 0 Å². The SMILES string of the molecule is COc1c2c(c(O)c(-c3c(OC)c4c(c(O)c3-c3ccccc3)CCCC4)c1-c1ccccc1)CCCC2. The maximum atomic E-state index is 12.1. The van der Waals surface area contributed by atoms with Crippen LogP contribution in [-0.2, 0) is 25.7 Å². The predicted octanol–water partition coefficient (Wildman–Crippen LogP) is 7.87. The van der Waals surface area contributed by atoms with Crippen molar-refractivity contribution < 1.29 is 19.7 Å². The Labute approximate surface area is 224 Å². The van der Waals surface area contributed by atoms with Gasteiger partial charge in [-0.2, -0.15) is 0 Å². The Balaban J connectivity index is 1.83. The van der Waals surface area contributed by atoms with Crippen LogP contribution in [0.5, 0.6) is 23.0 Å². The van der Waals surface area contributed by atoms with Crippen molar-refractivity contribution in [3.63, 3.8) is 0 Å². The molecule has 0 unspecified atom stereocenters. The number of fused-ring (bicyclic) bond motifs is 2. The maximum absolute atomic E-state index is 12.1. The highest BCUT2D eigenvalue weighted by molar-refractivity contribution is 6.03. The van der Waals surface area contributed by atoms with Gasteiger partial charge in [0, 0.05) is 44.5 Å². The Morgan fingerprint density at radius 2 is 0.868 bits per heavy atom. The molecule has 0 aromatic heterocycles. The summed E-state index contributed by atoms with van der Waals surface area (Å²) in [6.07, 6.45) is 7.45. The molecule has 2 N–H and O–H groups in total. The lowest BCUT2D eigenvalue weighted by atomic mass is 9.77. The third kappa shape index (κ3) is 3.82. The van der Waals surface area contributed by atoms with Gasteiger partial charge in [0.15, 0.2) is 0 Å². The molecule has 194 valence electrons. The molecular formula is C34H34O4. The fraction of sp³-hybridized carbons (Fsp3) is 0.294. The second-order valence-corrected chi connectivity index (χ2v) is 10.3. The van der Waals surface area contributed by atoms with Crippen LogP contribution in [0.1, 0.15) is 47.9 Å². The van der Waals surface area contributed by atoms with Crippen LogP contribution in [0.25, 0.3) is 33.4 Å². The van der Waals surface area contributed by atoms with Crippen LogP contribution in [-0.4, -0.2) is 24.4 Å². The maximum Gasteiger partial charge on any atom is 0.131 e. The van der Waals surface area contributed by atoms with Crippen molar-refractivity contribution in [1.82, 2.24) is 0 Å². The highest BCUT2D eigenvalue weighted by Gasteiger charge is 2.34. The van der Waals surface area contributed by atoms with Gasteiger partial charge in [-0.05, 0) is 62.5 Å². The minimum atomic E-state index is 0.269. The molecular weight excluding hydrogens is 472 g/mol. The van der Waals surface area contributed by atoms with E-state index in [1.165, 1.54) is 0 Å². The zero-order valence-electron chi connectivity index (χ0n) is 22.1. The lowest BCUT2D eigenvalue weighted by Crippen LogP contribution is -2.11. The Hall–Kier alpha value is -3.92. The minimum absolute atomic E-state index is 0.269. The van der Waals surface area contributed by atoms with Crippen LogP contribution < -0.4 is 9.47 Å². The van der Waals surface area contributed by atoms with Crippen molar-refractivity contribution >= 4 is 0 Å². The van der Waals surface area contributed by atoms with E-state index in [0.29, 0.717) is 11.1 Å². The van der Waals surface area contributed by atoms with Gasteiger partial charge in [0.25, 0.3) is 0 Å². The summed E-state index contributed by atoms with van der Waals surface area (Å²) in [5.74, 6) is 2.10. The lowest BCUT2D eigenvalue weighted by molar-refractivity contribution is 0.399. The van der Waals surface area contributed by atoms with Crippen molar-refractivity contribution in [2.45, 2.75) is 51.4 Å². The fourth-order valence-electron chi connectivity index (χ4n) is 6.60. The summed E-state index contributed by atoms with van der Waals surface area (Å²) >= 11 is 0. The zero-order valence-corrected chi connectivity index (χ0v) is 22.1. The molecule has 0 aliphatic heterocycles. The number of ether oxygens (including phenoxy) is 2. The summed E-state index contributed by atoms with van der Waals surface area (Å²) in [6, 6.07) is 20.1. The van der Waals surface area contributed by atoms with Crippen LogP contribution in [0.15, 0.2) is 60.7 Å². The average Bonchev–Trinajstić information content (AvgIpc) is 2.98. The van der Waals surface area contributed by atoms with E-state index in [-0.39, 0.29) is 11.5 Å². The standard InChI is InChI=1S/C34H34O4/c1-37-33-25-19-11-10-18-24(25)32(36)29(28(33)22-15-7-4-8-16-22)30-27(21-13-5-3-6-14-21)31(35)23-17-9-12-20-26(23)34(30)38-2/h3-8,13-16,35-36H,9-12,17-20H2,1-2H3. The molecule has 38 heavy (non-hydrogen) atoms. The van der Waals surface area contributed by atoms with E-state index < -0.39 is 0 Å². The summed E-state index contributed by atoms with van der Waals surface area (Å²) in [7, 11) is 3.42. The number of aromatic hydroxyl groups is 2. The minimum Gasteiger partial charge on any atom is -0.507 e. The molecule has 4 nitrogen and oxygen atoms in total. The van der Waals surface area contributed by atoms with Crippen LogP contribution in [0.2, 0.25) is 0 Å². The molecule has 0 heterocycles. The van der Waals surface area contributed by atoms with Crippen LogP contribution in [0, 0.1) is 0 Å². The van der Waals surface area contributed by atoms with Crippen molar-refractivity contribution in [1.29, 1.82) is 0 Å². The lowest BCUT2D eigenvalue weighted by Gasteiger charge is -2.30. The molecule has 0 saturated carbocycles. The molecule has 4 aromatic rings. The van der Waals surface area contributed by atoms with Crippen LogP contribution >= 0.6 is 0 Å². The van der Waals surface area contributed by atoms with Gasteiger partial charge in [-0.15, -0.1) is 0 Å². The fourth-order valence-corrected chi connectivity index (χ4v) is 6.60. The van der Waals surface area contributed by atoms with Gasteiger partial charge >= 0.3 is 0 Å². The molecule has 4 aromatic carbocycles. The molecule has 0 fully saturated rings. The molecule has 0 radical (unpaired) electrons. The number of rotatable bonds is 5. The quantitative estimate of drug-likeness (QED) is 0.289. The Morgan fingerprint density at radius 3 is 1.34 bits per heavy atom. The molecule has 2 aliphatic rings. The monoisotopic (exact) mass is 506 g/mol. The second-order valence-electron chi connectivity index (χ2n) is 10.3. The van der Waals surface area contributed by atoms with Gasteiger partial charge in [0.05, 0.1) is 14.2 Å². The zero-order chi connectivity index (χ0) is 26.2. The molecule has 0 spiro atoms. The van der Waals surface area contributed by atoms with Gasteiger partial charge in [0.2, 0.25) is 0 Å². The molecule has 2 aliphatic carbocycles. The van der Waals surface area contributed by atoms with E-state index in [1.54, 1.807) is 14.2 Å². The molecule has 0 bridgehead atoms. The molecule has 0 amide bonds. The smallest absolute Gasteiger partial charge is 0.131 e. The predicted molar refractivity (Wildman–Crippen MR) is 152 cm³/mol. The first kappa shape index (κ1) is 24.4. The van der Waals surface area contributed by atoms with Gasteiger partial charge in [-0.25, -0.2) is 0 Å². The molecule has 0 saturated heterocycles. The first-order chi connectivity index (χ1) is 18.7. The normalized spacial score (nSPS) is 14.5. The third-order valence-electron chi connectivity index (χ3n) is 8.27. The Bertz CT molecular complexity index is 1490. The highest BCUT2D eigenvalue weighted by Crippen LogP contribution is 2.58. The Morgan fingerprint density at radius 1 is 0.474 bits per heavy atom. The summed E-state index contributed by atoms with van der Waals surface area (Å²) in [5.41, 5.74) is 8.84. The number of hydrogen-bond donors (Lipinski definition) is 2. The summed E-state index contributed by atoms with van der Waals surface area (Å²) in [4.78, 5) is 0. The average molecular weight is 507 g/mol. The largest absolute Gasteiger partial charge is 0.507 e. The number of hydrogen-bond acceptors (Lipinski definition) is 4. The van der Waals surface area contributed by atoms with Crippen molar-refractivity contribution in [3.8, 4) is 56.4 Å². The topological polar surface area (TPSA) is 58.9 Å². The molecule has 6 rings (SSSR count). The first-order valence-electron chi connectivity index (χ1n) is 13.7. The number of benzene rings is 4. The van der Waals surface area contributed by atoms with Crippen molar-refractivity contribution in [3.05, 3.63) is 82.9 Å². The Kier molecular flexibility index (Phi) is 6.49. The van der Waals surface area contributed by atoms with E-state index in [1.807, 2.05) is 48.5 Å². The van der Waals surface area contributed by atoms with E-state index >= 15 is 0 Å². The number of phenols is 2. The summed E-state index contributed by atoms with van der Waals surface area (Å²) in [5, 5.41) is 24.0. The van der Waals surface area contributed by atoms with E-state index in [0.717, 1.165) is 107 Å².